The van der Waals surface area contributed by atoms with Gasteiger partial charge in [0.15, 0.2) is 0 Å². The Morgan fingerprint density at radius 2 is 2.00 bits per heavy atom. The second kappa shape index (κ2) is 7.39. The molecule has 1 atom stereocenters. The number of piperidine rings is 1. The highest BCUT2D eigenvalue weighted by Gasteiger charge is 2.43. The fourth-order valence-corrected chi connectivity index (χ4v) is 2.61. The molecule has 7 heteroatoms. The maximum absolute atomic E-state index is 13.8. The summed E-state index contributed by atoms with van der Waals surface area (Å²) in [6, 6.07) is 8.97. The number of alkyl halides is 2. The number of esters is 1. The van der Waals surface area contributed by atoms with Crippen LogP contribution >= 0.6 is 0 Å². The number of carbonyl (C=O) groups excluding carboxylic acids is 2. The van der Waals surface area contributed by atoms with Crippen LogP contribution in [0.5, 0.6) is 0 Å². The van der Waals surface area contributed by atoms with E-state index in [1.807, 2.05) is 6.07 Å². The molecule has 1 aromatic carbocycles. The molecule has 1 fully saturated rings. The number of nitrogens with zero attached hydrogens (tertiary/aromatic N) is 1. The van der Waals surface area contributed by atoms with E-state index in [0.717, 1.165) is 10.5 Å². The molecule has 0 spiro atoms. The van der Waals surface area contributed by atoms with Gasteiger partial charge in [0, 0.05) is 13.0 Å². The lowest BCUT2D eigenvalue weighted by Crippen LogP contribution is -2.50. The van der Waals surface area contributed by atoms with Crippen molar-refractivity contribution in [2.45, 2.75) is 25.4 Å². The average Bonchev–Trinajstić information content (AvgIpc) is 2.51. The number of hydrogen-bond donors (Lipinski definition) is 0. The summed E-state index contributed by atoms with van der Waals surface area (Å²) in [5.41, 5.74) is 0.774. The van der Waals surface area contributed by atoms with Crippen LogP contribution in [0.15, 0.2) is 30.3 Å². The fourth-order valence-electron chi connectivity index (χ4n) is 2.61. The van der Waals surface area contributed by atoms with Crippen molar-refractivity contribution in [2.24, 2.45) is 5.92 Å². The van der Waals surface area contributed by atoms with Crippen LogP contribution in [0.3, 0.4) is 0 Å². The van der Waals surface area contributed by atoms with Crippen molar-refractivity contribution < 1.29 is 27.8 Å². The third kappa shape index (κ3) is 5.19. The molecule has 0 unspecified atom stereocenters. The number of amides is 1. The van der Waals surface area contributed by atoms with E-state index in [9.17, 15) is 18.4 Å². The average molecular weight is 327 g/mol. The largest absolute Gasteiger partial charge is 0.469 e. The highest BCUT2D eigenvalue weighted by molar-refractivity contribution is 5.70. The standard InChI is InChI=1S/C16H19F2NO4/c1-22-14(20)7-13-8-16(17,18)11-19(9-13)15(21)23-10-12-5-3-2-4-6-12/h2-6,13H,7-11H2,1H3/t13-/m0/s1. The molecule has 2 rings (SSSR count). The summed E-state index contributed by atoms with van der Waals surface area (Å²) >= 11 is 0. The first kappa shape index (κ1) is 17.2. The lowest BCUT2D eigenvalue weighted by atomic mass is 9.92. The molecule has 1 heterocycles. The van der Waals surface area contributed by atoms with E-state index in [0.29, 0.717) is 0 Å². The number of carbonyl (C=O) groups is 2. The minimum absolute atomic E-state index is 0.0173. The summed E-state index contributed by atoms with van der Waals surface area (Å²) in [6.07, 6.45) is -1.39. The van der Waals surface area contributed by atoms with Gasteiger partial charge in [0.25, 0.3) is 5.92 Å². The molecule has 126 valence electrons. The molecule has 1 amide bonds. The predicted molar refractivity (Wildman–Crippen MR) is 77.9 cm³/mol. The van der Waals surface area contributed by atoms with E-state index < -0.39 is 36.9 Å². The van der Waals surface area contributed by atoms with Gasteiger partial charge in [-0.2, -0.15) is 0 Å². The second-order valence-electron chi connectivity index (χ2n) is 5.63. The first-order valence-electron chi connectivity index (χ1n) is 7.30. The molecule has 0 aromatic heterocycles. The Labute approximate surface area is 133 Å². The van der Waals surface area contributed by atoms with E-state index in [1.165, 1.54) is 7.11 Å². The molecule has 0 radical (unpaired) electrons. The second-order valence-corrected chi connectivity index (χ2v) is 5.63. The summed E-state index contributed by atoms with van der Waals surface area (Å²) in [7, 11) is 1.20. The van der Waals surface area contributed by atoms with Crippen molar-refractivity contribution in [3.05, 3.63) is 35.9 Å². The van der Waals surface area contributed by atoms with Gasteiger partial charge in [0.2, 0.25) is 0 Å². The third-order valence-corrected chi connectivity index (χ3v) is 3.63. The molecule has 1 aromatic rings. The fraction of sp³-hybridized carbons (Fsp3) is 0.500. The topological polar surface area (TPSA) is 55.8 Å². The van der Waals surface area contributed by atoms with Gasteiger partial charge in [-0.15, -0.1) is 0 Å². The number of ether oxygens (including phenoxy) is 2. The Kier molecular flexibility index (Phi) is 5.52. The summed E-state index contributed by atoms with van der Waals surface area (Å²) in [5.74, 6) is -4.25. The van der Waals surface area contributed by atoms with Crippen LogP contribution in [0.1, 0.15) is 18.4 Å². The Hall–Kier alpha value is -2.18. The Bertz CT molecular complexity index is 550. The van der Waals surface area contributed by atoms with Gasteiger partial charge < -0.3 is 14.4 Å². The summed E-state index contributed by atoms with van der Waals surface area (Å²) in [5, 5.41) is 0. The molecule has 1 aliphatic heterocycles. The van der Waals surface area contributed by atoms with Crippen LogP contribution in [0.25, 0.3) is 0 Å². The van der Waals surface area contributed by atoms with E-state index >= 15 is 0 Å². The van der Waals surface area contributed by atoms with Crippen LogP contribution in [0, 0.1) is 5.92 Å². The van der Waals surface area contributed by atoms with Crippen molar-refractivity contribution >= 4 is 12.1 Å². The maximum atomic E-state index is 13.8. The highest BCUT2D eigenvalue weighted by Crippen LogP contribution is 2.32. The monoisotopic (exact) mass is 327 g/mol. The van der Waals surface area contributed by atoms with Crippen molar-refractivity contribution in [1.82, 2.24) is 4.90 Å². The molecule has 1 saturated heterocycles. The van der Waals surface area contributed by atoms with Gasteiger partial charge in [-0.1, -0.05) is 30.3 Å². The van der Waals surface area contributed by atoms with Crippen LogP contribution in [-0.4, -0.2) is 43.1 Å². The molecule has 0 aliphatic carbocycles. The van der Waals surface area contributed by atoms with Gasteiger partial charge in [-0.05, 0) is 11.5 Å². The zero-order valence-electron chi connectivity index (χ0n) is 12.8. The SMILES string of the molecule is COC(=O)C[C@@H]1CN(C(=O)OCc2ccccc2)CC(F)(F)C1. The highest BCUT2D eigenvalue weighted by atomic mass is 19.3. The molecule has 0 bridgehead atoms. The number of halogens is 2. The Balaban J connectivity index is 1.94. The molecular formula is C16H19F2NO4. The third-order valence-electron chi connectivity index (χ3n) is 3.63. The molecule has 23 heavy (non-hydrogen) atoms. The van der Waals surface area contributed by atoms with E-state index in [4.69, 9.17) is 4.74 Å². The zero-order valence-corrected chi connectivity index (χ0v) is 12.8. The quantitative estimate of drug-likeness (QED) is 0.798. The summed E-state index contributed by atoms with van der Waals surface area (Å²) in [6.45, 7) is -0.625. The number of likely N-dealkylation sites (tertiary alicyclic amines) is 1. The first-order valence-corrected chi connectivity index (χ1v) is 7.30. The van der Waals surface area contributed by atoms with E-state index in [2.05, 4.69) is 4.74 Å². The molecule has 0 N–H and O–H groups in total. The van der Waals surface area contributed by atoms with Gasteiger partial charge in [0.1, 0.15) is 6.61 Å². The molecule has 0 saturated carbocycles. The molecule has 1 aliphatic rings. The van der Waals surface area contributed by atoms with Crippen molar-refractivity contribution in [3.63, 3.8) is 0 Å². The summed E-state index contributed by atoms with van der Waals surface area (Å²) in [4.78, 5) is 24.2. The minimum Gasteiger partial charge on any atom is -0.469 e. The minimum atomic E-state index is -3.04. The van der Waals surface area contributed by atoms with E-state index in [-0.39, 0.29) is 19.6 Å². The maximum Gasteiger partial charge on any atom is 0.410 e. The molecule has 5 nitrogen and oxygen atoms in total. The van der Waals surface area contributed by atoms with Gasteiger partial charge >= 0.3 is 12.1 Å². The molecular weight excluding hydrogens is 308 g/mol. The Morgan fingerprint density at radius 3 is 2.65 bits per heavy atom. The number of hydrogen-bond acceptors (Lipinski definition) is 4. The van der Waals surface area contributed by atoms with Gasteiger partial charge in [-0.3, -0.25) is 4.79 Å². The van der Waals surface area contributed by atoms with Crippen LogP contribution < -0.4 is 0 Å². The van der Waals surface area contributed by atoms with Crippen molar-refractivity contribution in [2.75, 3.05) is 20.2 Å². The first-order chi connectivity index (χ1) is 10.9. The van der Waals surface area contributed by atoms with Crippen molar-refractivity contribution in [1.29, 1.82) is 0 Å². The zero-order chi connectivity index (χ0) is 16.9. The van der Waals surface area contributed by atoms with Crippen LogP contribution in [0.2, 0.25) is 0 Å². The lowest BCUT2D eigenvalue weighted by Gasteiger charge is -2.36. The van der Waals surface area contributed by atoms with Crippen LogP contribution in [0.4, 0.5) is 13.6 Å². The smallest absolute Gasteiger partial charge is 0.410 e. The summed E-state index contributed by atoms with van der Waals surface area (Å²) < 4.78 is 37.1. The van der Waals surface area contributed by atoms with E-state index in [1.54, 1.807) is 24.3 Å². The lowest BCUT2D eigenvalue weighted by molar-refractivity contribution is -0.144. The van der Waals surface area contributed by atoms with Gasteiger partial charge in [0.05, 0.1) is 20.1 Å². The Morgan fingerprint density at radius 1 is 1.30 bits per heavy atom. The number of methoxy groups -OCH3 is 1. The normalized spacial score (nSPS) is 20.0. The van der Waals surface area contributed by atoms with Gasteiger partial charge in [-0.25, -0.2) is 13.6 Å². The number of rotatable bonds is 4. The predicted octanol–water partition coefficient (Wildman–Crippen LogP) is 2.84. The number of benzene rings is 1. The van der Waals surface area contributed by atoms with Crippen LogP contribution in [-0.2, 0) is 20.9 Å². The van der Waals surface area contributed by atoms with Crippen molar-refractivity contribution in [3.8, 4) is 0 Å².